The molecule has 2 aliphatic heterocycles. The van der Waals surface area contributed by atoms with Crippen LogP contribution in [0.4, 0.5) is 0 Å². The smallest absolute Gasteiger partial charge is 0.0445 e. The van der Waals surface area contributed by atoms with Gasteiger partial charge in [0.15, 0.2) is 0 Å². The highest BCUT2D eigenvalue weighted by atomic mass is 16.3. The molecule has 0 aromatic heterocycles. The maximum Gasteiger partial charge on any atom is 0.0445 e. The molecule has 2 aliphatic rings. The summed E-state index contributed by atoms with van der Waals surface area (Å²) < 4.78 is 0. The normalized spacial score (nSPS) is 39.4. The van der Waals surface area contributed by atoms with Crippen molar-refractivity contribution in [3.05, 3.63) is 0 Å². The van der Waals surface area contributed by atoms with Crippen LogP contribution in [0.3, 0.4) is 0 Å². The first-order valence-corrected chi connectivity index (χ1v) is 6.19. The zero-order valence-electron chi connectivity index (χ0n) is 9.28. The van der Waals surface area contributed by atoms with Gasteiger partial charge in [0.05, 0.1) is 0 Å². The summed E-state index contributed by atoms with van der Waals surface area (Å²) in [6.45, 7) is 4.04. The van der Waals surface area contributed by atoms with E-state index < -0.39 is 0 Å². The van der Waals surface area contributed by atoms with Crippen LogP contribution >= 0.6 is 0 Å². The summed E-state index contributed by atoms with van der Waals surface area (Å²) >= 11 is 0. The minimum Gasteiger partial charge on any atom is -0.396 e. The Hall–Kier alpha value is -0.0800. The molecule has 14 heavy (non-hydrogen) atoms. The van der Waals surface area contributed by atoms with E-state index in [1.54, 1.807) is 0 Å². The molecule has 2 fully saturated rings. The van der Waals surface area contributed by atoms with Gasteiger partial charge in [0.2, 0.25) is 0 Å². The van der Waals surface area contributed by atoms with E-state index in [1.165, 1.54) is 38.6 Å². The molecule has 0 radical (unpaired) electrons. The number of nitrogens with zero attached hydrogens (tertiary/aromatic N) is 1. The van der Waals surface area contributed by atoms with E-state index in [0.717, 1.165) is 18.4 Å². The molecule has 0 saturated carbocycles. The van der Waals surface area contributed by atoms with Gasteiger partial charge in [0, 0.05) is 18.7 Å². The van der Waals surface area contributed by atoms with Crippen LogP contribution in [-0.4, -0.2) is 35.2 Å². The number of hydrogen-bond acceptors (Lipinski definition) is 2. The number of aliphatic hydroxyl groups is 1. The molecule has 2 nitrogen and oxygen atoms in total. The molecule has 0 amide bonds. The van der Waals surface area contributed by atoms with Crippen LogP contribution in [0.2, 0.25) is 0 Å². The standard InChI is InChI=1S/C12H23NO/c1-10-5-6-11(7-9-14)13-8-3-2-4-12(10)13/h10-12,14H,2-9H2,1H3. The molecule has 0 aliphatic carbocycles. The molecule has 2 heteroatoms. The fourth-order valence-corrected chi connectivity index (χ4v) is 3.32. The molecular weight excluding hydrogens is 174 g/mol. The molecule has 0 spiro atoms. The van der Waals surface area contributed by atoms with Crippen LogP contribution in [0.15, 0.2) is 0 Å². The summed E-state index contributed by atoms with van der Waals surface area (Å²) in [4.78, 5) is 2.69. The van der Waals surface area contributed by atoms with Gasteiger partial charge in [-0.05, 0) is 44.6 Å². The Bertz CT molecular complexity index is 183. The molecule has 2 heterocycles. The highest BCUT2D eigenvalue weighted by Gasteiger charge is 2.35. The van der Waals surface area contributed by atoms with Crippen molar-refractivity contribution in [2.24, 2.45) is 5.92 Å². The van der Waals surface area contributed by atoms with Crippen LogP contribution in [0.1, 0.15) is 45.4 Å². The Morgan fingerprint density at radius 3 is 2.86 bits per heavy atom. The van der Waals surface area contributed by atoms with E-state index in [2.05, 4.69) is 11.8 Å². The van der Waals surface area contributed by atoms with Gasteiger partial charge in [-0.2, -0.15) is 0 Å². The lowest BCUT2D eigenvalue weighted by Gasteiger charge is -2.48. The van der Waals surface area contributed by atoms with Crippen LogP contribution in [0.5, 0.6) is 0 Å². The van der Waals surface area contributed by atoms with Gasteiger partial charge in [-0.15, -0.1) is 0 Å². The van der Waals surface area contributed by atoms with Crippen molar-refractivity contribution in [2.45, 2.75) is 57.5 Å². The number of piperidine rings is 2. The van der Waals surface area contributed by atoms with Crippen LogP contribution in [0.25, 0.3) is 0 Å². The predicted molar refractivity (Wildman–Crippen MR) is 58.2 cm³/mol. The molecule has 0 bridgehead atoms. The lowest BCUT2D eigenvalue weighted by Crippen LogP contribution is -2.52. The second kappa shape index (κ2) is 4.63. The SMILES string of the molecule is CC1CCC(CCO)N2CCCCC12. The Balaban J connectivity index is 2.00. The predicted octanol–water partition coefficient (Wildman–Crippen LogP) is 2.02. The van der Waals surface area contributed by atoms with Gasteiger partial charge in [-0.25, -0.2) is 0 Å². The van der Waals surface area contributed by atoms with Crippen molar-refractivity contribution < 1.29 is 5.11 Å². The van der Waals surface area contributed by atoms with Crippen molar-refractivity contribution >= 4 is 0 Å². The molecule has 3 atom stereocenters. The molecule has 82 valence electrons. The molecule has 3 unspecified atom stereocenters. The van der Waals surface area contributed by atoms with Gasteiger partial charge in [0.1, 0.15) is 0 Å². The average molecular weight is 197 g/mol. The third-order valence-corrected chi connectivity index (χ3v) is 4.14. The van der Waals surface area contributed by atoms with E-state index in [4.69, 9.17) is 5.11 Å². The molecular formula is C12H23NO. The van der Waals surface area contributed by atoms with Crippen LogP contribution < -0.4 is 0 Å². The Kier molecular flexibility index (Phi) is 3.45. The minimum atomic E-state index is 0.363. The van der Waals surface area contributed by atoms with E-state index in [1.807, 2.05) is 0 Å². The fraction of sp³-hybridized carbons (Fsp3) is 1.00. The third kappa shape index (κ3) is 1.96. The monoisotopic (exact) mass is 197 g/mol. The topological polar surface area (TPSA) is 23.5 Å². The van der Waals surface area contributed by atoms with E-state index in [0.29, 0.717) is 12.6 Å². The van der Waals surface area contributed by atoms with E-state index in [-0.39, 0.29) is 0 Å². The second-order valence-corrected chi connectivity index (χ2v) is 5.02. The first kappa shape index (κ1) is 10.4. The Morgan fingerprint density at radius 2 is 2.07 bits per heavy atom. The molecule has 1 N–H and O–H groups in total. The summed E-state index contributed by atoms with van der Waals surface area (Å²) in [5.74, 6) is 0.880. The molecule has 0 aromatic rings. The Morgan fingerprint density at radius 1 is 1.21 bits per heavy atom. The zero-order valence-corrected chi connectivity index (χ0v) is 9.28. The minimum absolute atomic E-state index is 0.363. The van der Waals surface area contributed by atoms with Crippen molar-refractivity contribution in [3.8, 4) is 0 Å². The van der Waals surface area contributed by atoms with Gasteiger partial charge >= 0.3 is 0 Å². The molecule has 2 saturated heterocycles. The number of aliphatic hydroxyl groups excluding tert-OH is 1. The summed E-state index contributed by atoms with van der Waals surface area (Å²) in [5.41, 5.74) is 0. The van der Waals surface area contributed by atoms with E-state index >= 15 is 0 Å². The van der Waals surface area contributed by atoms with Crippen LogP contribution in [-0.2, 0) is 0 Å². The lowest BCUT2D eigenvalue weighted by molar-refractivity contribution is 0.00815. The number of rotatable bonds is 2. The van der Waals surface area contributed by atoms with E-state index in [9.17, 15) is 0 Å². The van der Waals surface area contributed by atoms with Crippen molar-refractivity contribution in [3.63, 3.8) is 0 Å². The number of fused-ring (bicyclic) bond motifs is 1. The maximum atomic E-state index is 9.05. The van der Waals surface area contributed by atoms with Crippen molar-refractivity contribution in [1.82, 2.24) is 4.90 Å². The second-order valence-electron chi connectivity index (χ2n) is 5.02. The van der Waals surface area contributed by atoms with Crippen molar-refractivity contribution in [2.75, 3.05) is 13.2 Å². The highest BCUT2D eigenvalue weighted by molar-refractivity contribution is 4.90. The van der Waals surface area contributed by atoms with Gasteiger partial charge in [-0.1, -0.05) is 13.3 Å². The summed E-state index contributed by atoms with van der Waals surface area (Å²) in [7, 11) is 0. The highest BCUT2D eigenvalue weighted by Crippen LogP contribution is 2.34. The van der Waals surface area contributed by atoms with Gasteiger partial charge in [-0.3, -0.25) is 4.90 Å². The van der Waals surface area contributed by atoms with Crippen molar-refractivity contribution in [1.29, 1.82) is 0 Å². The fourth-order valence-electron chi connectivity index (χ4n) is 3.32. The molecule has 2 rings (SSSR count). The maximum absolute atomic E-state index is 9.05. The Labute approximate surface area is 87.3 Å². The zero-order chi connectivity index (χ0) is 9.97. The molecule has 0 aromatic carbocycles. The summed E-state index contributed by atoms with van der Waals surface area (Å²) in [6.07, 6.45) is 7.83. The van der Waals surface area contributed by atoms with Crippen LogP contribution in [0, 0.1) is 5.92 Å². The average Bonchev–Trinajstić information content (AvgIpc) is 2.23. The third-order valence-electron chi connectivity index (χ3n) is 4.14. The quantitative estimate of drug-likeness (QED) is 0.732. The summed E-state index contributed by atoms with van der Waals surface area (Å²) in [6, 6.07) is 1.51. The van der Waals surface area contributed by atoms with Gasteiger partial charge < -0.3 is 5.11 Å². The lowest BCUT2D eigenvalue weighted by atomic mass is 9.81. The van der Waals surface area contributed by atoms with Gasteiger partial charge in [0.25, 0.3) is 0 Å². The first-order chi connectivity index (χ1) is 6.83. The number of hydrogen-bond donors (Lipinski definition) is 1. The first-order valence-electron chi connectivity index (χ1n) is 6.19. The summed E-state index contributed by atoms with van der Waals surface area (Å²) in [5, 5.41) is 9.05. The largest absolute Gasteiger partial charge is 0.396 e.